The molecule has 1 unspecified atom stereocenters. The van der Waals surface area contributed by atoms with Gasteiger partial charge in [-0.25, -0.2) is 4.39 Å². The third kappa shape index (κ3) is 4.63. The number of nitro groups is 1. The molecule has 1 N–H and O–H groups in total. The lowest BCUT2D eigenvalue weighted by molar-refractivity contribution is -0.385. The van der Waals surface area contributed by atoms with Gasteiger partial charge < -0.3 is 10.1 Å². The standard InChI is InChI=1S/C16H14FIN2O4/c1-10(24-12-7-5-11(17)6-8-12)9-19-16(21)13-3-2-4-14(15(13)18)20(22)23/h2-8,10H,9H2,1H3,(H,19,21). The van der Waals surface area contributed by atoms with Gasteiger partial charge in [0.25, 0.3) is 11.6 Å². The number of rotatable bonds is 6. The second-order valence-corrected chi connectivity index (χ2v) is 6.07. The molecule has 0 aliphatic rings. The summed E-state index contributed by atoms with van der Waals surface area (Å²) in [5.41, 5.74) is 0.123. The van der Waals surface area contributed by atoms with E-state index in [2.05, 4.69) is 5.32 Å². The molecule has 0 saturated carbocycles. The van der Waals surface area contributed by atoms with Crippen molar-refractivity contribution in [3.63, 3.8) is 0 Å². The average Bonchev–Trinajstić information content (AvgIpc) is 2.54. The Labute approximate surface area is 151 Å². The first kappa shape index (κ1) is 18.1. The van der Waals surface area contributed by atoms with Gasteiger partial charge in [0.05, 0.1) is 17.0 Å². The summed E-state index contributed by atoms with van der Waals surface area (Å²) in [7, 11) is 0. The van der Waals surface area contributed by atoms with Crippen molar-refractivity contribution >= 4 is 34.2 Å². The fraction of sp³-hybridized carbons (Fsp3) is 0.188. The molecule has 2 rings (SSSR count). The van der Waals surface area contributed by atoms with Crippen LogP contribution in [0.15, 0.2) is 42.5 Å². The van der Waals surface area contributed by atoms with Crippen LogP contribution in [0.4, 0.5) is 10.1 Å². The molecule has 0 saturated heterocycles. The smallest absolute Gasteiger partial charge is 0.283 e. The highest BCUT2D eigenvalue weighted by molar-refractivity contribution is 14.1. The summed E-state index contributed by atoms with van der Waals surface area (Å²) in [6, 6.07) is 9.90. The van der Waals surface area contributed by atoms with Crippen LogP contribution in [0, 0.1) is 19.5 Å². The minimum Gasteiger partial charge on any atom is -0.489 e. The molecule has 8 heteroatoms. The molecule has 0 heterocycles. The highest BCUT2D eigenvalue weighted by Crippen LogP contribution is 2.24. The van der Waals surface area contributed by atoms with Crippen LogP contribution < -0.4 is 10.1 Å². The minimum absolute atomic E-state index is 0.112. The molecule has 1 amide bonds. The quantitative estimate of drug-likeness (QED) is 0.420. The summed E-state index contributed by atoms with van der Waals surface area (Å²) in [6.07, 6.45) is -0.351. The van der Waals surface area contributed by atoms with Crippen molar-refractivity contribution in [1.82, 2.24) is 5.32 Å². The van der Waals surface area contributed by atoms with Gasteiger partial charge >= 0.3 is 0 Å². The molecule has 24 heavy (non-hydrogen) atoms. The van der Waals surface area contributed by atoms with Gasteiger partial charge in [-0.05, 0) is 59.8 Å². The lowest BCUT2D eigenvalue weighted by Crippen LogP contribution is -2.34. The summed E-state index contributed by atoms with van der Waals surface area (Å²) >= 11 is 1.78. The maximum atomic E-state index is 12.8. The van der Waals surface area contributed by atoms with Gasteiger partial charge in [0.15, 0.2) is 0 Å². The van der Waals surface area contributed by atoms with Crippen LogP contribution in [0.5, 0.6) is 5.75 Å². The molecule has 2 aromatic carbocycles. The molecular weight excluding hydrogens is 430 g/mol. The number of halogens is 2. The molecule has 0 spiro atoms. The van der Waals surface area contributed by atoms with Crippen LogP contribution in [0.3, 0.4) is 0 Å². The SMILES string of the molecule is CC(CNC(=O)c1cccc([N+](=O)[O-])c1I)Oc1ccc(F)cc1. The number of hydrogen-bond acceptors (Lipinski definition) is 4. The van der Waals surface area contributed by atoms with E-state index in [4.69, 9.17) is 4.74 Å². The van der Waals surface area contributed by atoms with Gasteiger partial charge in [0.1, 0.15) is 21.2 Å². The van der Waals surface area contributed by atoms with E-state index >= 15 is 0 Å². The van der Waals surface area contributed by atoms with E-state index in [9.17, 15) is 19.3 Å². The average molecular weight is 444 g/mol. The van der Waals surface area contributed by atoms with Crippen molar-refractivity contribution < 1.29 is 18.8 Å². The van der Waals surface area contributed by atoms with Gasteiger partial charge in [-0.3, -0.25) is 14.9 Å². The normalized spacial score (nSPS) is 11.6. The Hall–Kier alpha value is -2.23. The van der Waals surface area contributed by atoms with Gasteiger partial charge in [-0.2, -0.15) is 0 Å². The molecule has 0 fully saturated rings. The van der Waals surface area contributed by atoms with Crippen LogP contribution in [-0.4, -0.2) is 23.5 Å². The summed E-state index contributed by atoms with van der Waals surface area (Å²) in [4.78, 5) is 22.6. The molecule has 1 atom stereocenters. The van der Waals surface area contributed by atoms with Crippen molar-refractivity contribution in [2.45, 2.75) is 13.0 Å². The van der Waals surface area contributed by atoms with E-state index in [0.29, 0.717) is 5.75 Å². The van der Waals surface area contributed by atoms with Crippen molar-refractivity contribution in [1.29, 1.82) is 0 Å². The number of nitro benzene ring substituents is 1. The van der Waals surface area contributed by atoms with Gasteiger partial charge in [-0.1, -0.05) is 6.07 Å². The number of hydrogen-bond donors (Lipinski definition) is 1. The molecule has 0 aromatic heterocycles. The van der Waals surface area contributed by atoms with Gasteiger partial charge in [0, 0.05) is 6.07 Å². The number of carbonyl (C=O) groups excluding carboxylic acids is 1. The van der Waals surface area contributed by atoms with Crippen LogP contribution >= 0.6 is 22.6 Å². The second kappa shape index (κ2) is 8.04. The molecule has 0 aliphatic carbocycles. The number of benzene rings is 2. The highest BCUT2D eigenvalue weighted by Gasteiger charge is 2.19. The molecule has 6 nitrogen and oxygen atoms in total. The number of amides is 1. The first-order chi connectivity index (χ1) is 11.4. The van der Waals surface area contributed by atoms with Crippen molar-refractivity contribution in [2.75, 3.05) is 6.54 Å². The Morgan fingerprint density at radius 2 is 2.00 bits per heavy atom. The van der Waals surface area contributed by atoms with E-state index in [1.165, 1.54) is 42.5 Å². The zero-order chi connectivity index (χ0) is 17.7. The van der Waals surface area contributed by atoms with Crippen LogP contribution in [-0.2, 0) is 0 Å². The molecule has 126 valence electrons. The Bertz CT molecular complexity index is 752. The highest BCUT2D eigenvalue weighted by atomic mass is 127. The minimum atomic E-state index is -0.529. The summed E-state index contributed by atoms with van der Waals surface area (Å²) < 4.78 is 18.7. The maximum Gasteiger partial charge on any atom is 0.283 e. The van der Waals surface area contributed by atoms with E-state index in [1.807, 2.05) is 0 Å². The van der Waals surface area contributed by atoms with Crippen LogP contribution in [0.2, 0.25) is 0 Å². The van der Waals surface area contributed by atoms with Crippen LogP contribution in [0.25, 0.3) is 0 Å². The molecule has 0 aliphatic heterocycles. The lowest BCUT2D eigenvalue weighted by atomic mass is 10.2. The van der Waals surface area contributed by atoms with E-state index in [-0.39, 0.29) is 33.3 Å². The van der Waals surface area contributed by atoms with Crippen LogP contribution in [0.1, 0.15) is 17.3 Å². The number of ether oxygens (including phenoxy) is 1. The molecule has 2 aromatic rings. The lowest BCUT2D eigenvalue weighted by Gasteiger charge is -2.15. The van der Waals surface area contributed by atoms with Gasteiger partial charge in [0.2, 0.25) is 0 Å². The van der Waals surface area contributed by atoms with Crippen molar-refractivity contribution in [3.05, 3.63) is 67.5 Å². The largest absolute Gasteiger partial charge is 0.489 e. The monoisotopic (exact) mass is 444 g/mol. The Morgan fingerprint density at radius 1 is 1.33 bits per heavy atom. The van der Waals surface area contributed by atoms with E-state index in [0.717, 1.165) is 0 Å². The van der Waals surface area contributed by atoms with Crippen molar-refractivity contribution in [3.8, 4) is 5.75 Å². The fourth-order valence-corrected chi connectivity index (χ4v) is 2.76. The Morgan fingerprint density at radius 3 is 2.62 bits per heavy atom. The Balaban J connectivity index is 1.96. The topological polar surface area (TPSA) is 81.5 Å². The molecule has 0 radical (unpaired) electrons. The summed E-state index contributed by atoms with van der Waals surface area (Å²) in [5, 5.41) is 13.6. The zero-order valence-electron chi connectivity index (χ0n) is 12.7. The van der Waals surface area contributed by atoms with E-state index < -0.39 is 10.8 Å². The number of nitrogens with one attached hydrogen (secondary N) is 1. The first-order valence-electron chi connectivity index (χ1n) is 7.02. The predicted octanol–water partition coefficient (Wildman–Crippen LogP) is 3.54. The molecular formula is C16H14FIN2O4. The molecule has 0 bridgehead atoms. The number of nitrogens with zero attached hydrogens (tertiary/aromatic N) is 1. The summed E-state index contributed by atoms with van der Waals surface area (Å²) in [6.45, 7) is 1.96. The van der Waals surface area contributed by atoms with E-state index in [1.54, 1.807) is 29.5 Å². The third-order valence-electron chi connectivity index (χ3n) is 3.12. The van der Waals surface area contributed by atoms with Gasteiger partial charge in [-0.15, -0.1) is 0 Å². The first-order valence-corrected chi connectivity index (χ1v) is 8.09. The third-order valence-corrected chi connectivity index (χ3v) is 4.25. The number of carbonyl (C=O) groups is 1. The van der Waals surface area contributed by atoms with Crippen molar-refractivity contribution in [2.24, 2.45) is 0 Å². The fourth-order valence-electron chi connectivity index (χ4n) is 1.95. The summed E-state index contributed by atoms with van der Waals surface area (Å²) in [5.74, 6) is -0.288. The zero-order valence-corrected chi connectivity index (χ0v) is 14.8. The maximum absolute atomic E-state index is 12.8. The predicted molar refractivity (Wildman–Crippen MR) is 94.6 cm³/mol. The Kier molecular flexibility index (Phi) is 6.07. The second-order valence-electron chi connectivity index (χ2n) is 4.99.